The molecule has 3 rings (SSSR count). The average Bonchev–Trinajstić information content (AvgIpc) is 3.04. The Labute approximate surface area is 180 Å². The third kappa shape index (κ3) is 5.09. The predicted octanol–water partition coefficient (Wildman–Crippen LogP) is 7.72. The highest BCUT2D eigenvalue weighted by atomic mass is 16.3. The van der Waals surface area contributed by atoms with Gasteiger partial charge in [0, 0.05) is 0 Å². The van der Waals surface area contributed by atoms with Gasteiger partial charge in [-0.05, 0) is 92.3 Å². The molecule has 0 saturated heterocycles. The Bertz CT molecular complexity index is 639. The first-order chi connectivity index (χ1) is 13.7. The van der Waals surface area contributed by atoms with Crippen LogP contribution in [0.25, 0.3) is 0 Å². The largest absolute Gasteiger partial charge is 0.393 e. The van der Waals surface area contributed by atoms with E-state index in [1.165, 1.54) is 37.7 Å². The summed E-state index contributed by atoms with van der Waals surface area (Å²) in [5.41, 5.74) is 3.63. The van der Waals surface area contributed by atoms with Gasteiger partial charge >= 0.3 is 0 Å². The van der Waals surface area contributed by atoms with Gasteiger partial charge in [0.25, 0.3) is 0 Å². The summed E-state index contributed by atoms with van der Waals surface area (Å²) in [7, 11) is 0. The Morgan fingerprint density at radius 2 is 1.69 bits per heavy atom. The number of fused-ring (bicyclic) bond motifs is 1. The number of rotatable bonds is 5. The summed E-state index contributed by atoms with van der Waals surface area (Å²) in [6.45, 7) is 14.4. The predicted molar refractivity (Wildman–Crippen MR) is 126 cm³/mol. The van der Waals surface area contributed by atoms with Gasteiger partial charge in [0.2, 0.25) is 0 Å². The van der Waals surface area contributed by atoms with Gasteiger partial charge < -0.3 is 5.11 Å². The average molecular weight is 399 g/mol. The van der Waals surface area contributed by atoms with Gasteiger partial charge in [0.1, 0.15) is 0 Å². The summed E-state index contributed by atoms with van der Waals surface area (Å²) in [6.07, 6.45) is 19.5. The fraction of sp³-hybridized carbons (Fsp3) is 0.786. The standard InChI is InChI=1S/C28H46O/c1-19(2)20(3)9-10-22(5)26-15-16-27-23(8-7-17-28(26,27)6)12-13-24-18-25(29)14-11-21(24)4/h9-10,12-13,19-22,25-27,29H,7-8,11,14-18H2,1-6H3/b10-9+,23-12-,24-13-/t20-,21+,22-,25-,26+,27+,28-/m0/s1. The second-order valence-corrected chi connectivity index (χ2v) is 11.3. The van der Waals surface area contributed by atoms with Gasteiger partial charge in [-0.15, -0.1) is 0 Å². The molecule has 0 heterocycles. The molecule has 3 aliphatic rings. The van der Waals surface area contributed by atoms with Crippen molar-refractivity contribution in [2.45, 2.75) is 99.0 Å². The zero-order valence-corrected chi connectivity index (χ0v) is 20.0. The topological polar surface area (TPSA) is 20.2 Å². The van der Waals surface area contributed by atoms with Gasteiger partial charge in [-0.2, -0.15) is 0 Å². The molecule has 3 saturated carbocycles. The van der Waals surface area contributed by atoms with E-state index in [-0.39, 0.29) is 6.10 Å². The maximum Gasteiger partial charge on any atom is 0.0577 e. The fourth-order valence-electron chi connectivity index (χ4n) is 6.50. The maximum absolute atomic E-state index is 10.1. The minimum atomic E-state index is -0.121. The molecule has 3 fully saturated rings. The number of aliphatic hydroxyl groups excluding tert-OH is 1. The zero-order valence-electron chi connectivity index (χ0n) is 20.0. The maximum atomic E-state index is 10.1. The van der Waals surface area contributed by atoms with Crippen molar-refractivity contribution in [3.63, 3.8) is 0 Å². The Morgan fingerprint density at radius 3 is 2.41 bits per heavy atom. The molecule has 1 N–H and O–H groups in total. The molecule has 0 radical (unpaired) electrons. The minimum absolute atomic E-state index is 0.121. The van der Waals surface area contributed by atoms with Gasteiger partial charge in [-0.1, -0.05) is 77.0 Å². The highest BCUT2D eigenvalue weighted by molar-refractivity contribution is 5.27. The summed E-state index contributed by atoms with van der Waals surface area (Å²) < 4.78 is 0. The van der Waals surface area contributed by atoms with Gasteiger partial charge in [-0.3, -0.25) is 0 Å². The first kappa shape index (κ1) is 22.9. The molecule has 0 aliphatic heterocycles. The third-order valence-corrected chi connectivity index (χ3v) is 8.99. The molecule has 0 bridgehead atoms. The van der Waals surface area contributed by atoms with Crippen LogP contribution in [0.5, 0.6) is 0 Å². The van der Waals surface area contributed by atoms with Crippen molar-refractivity contribution in [2.24, 2.45) is 40.9 Å². The Balaban J connectivity index is 1.74. The zero-order chi connectivity index (χ0) is 21.2. The summed E-state index contributed by atoms with van der Waals surface area (Å²) in [4.78, 5) is 0. The monoisotopic (exact) mass is 398 g/mol. The Hall–Kier alpha value is -0.820. The van der Waals surface area contributed by atoms with E-state index in [2.05, 4.69) is 65.8 Å². The van der Waals surface area contributed by atoms with E-state index in [1.807, 2.05) is 0 Å². The molecule has 0 amide bonds. The smallest absolute Gasteiger partial charge is 0.0577 e. The lowest BCUT2D eigenvalue weighted by molar-refractivity contribution is 0.112. The van der Waals surface area contributed by atoms with E-state index in [0.717, 1.165) is 37.0 Å². The highest BCUT2D eigenvalue weighted by Crippen LogP contribution is 2.59. The van der Waals surface area contributed by atoms with Crippen molar-refractivity contribution >= 4 is 0 Å². The van der Waals surface area contributed by atoms with Crippen LogP contribution in [0.3, 0.4) is 0 Å². The van der Waals surface area contributed by atoms with Crippen molar-refractivity contribution < 1.29 is 5.11 Å². The van der Waals surface area contributed by atoms with Crippen LogP contribution in [0.2, 0.25) is 0 Å². The molecule has 0 aromatic carbocycles. The third-order valence-electron chi connectivity index (χ3n) is 8.99. The molecule has 1 nitrogen and oxygen atoms in total. The summed E-state index contributed by atoms with van der Waals surface area (Å²) in [6, 6.07) is 0. The Kier molecular flexibility index (Phi) is 7.52. The number of hydrogen-bond acceptors (Lipinski definition) is 1. The van der Waals surface area contributed by atoms with Crippen LogP contribution in [-0.4, -0.2) is 11.2 Å². The van der Waals surface area contributed by atoms with E-state index in [0.29, 0.717) is 23.2 Å². The Morgan fingerprint density at radius 1 is 0.966 bits per heavy atom. The molecule has 29 heavy (non-hydrogen) atoms. The van der Waals surface area contributed by atoms with E-state index in [9.17, 15) is 5.11 Å². The molecule has 0 spiro atoms. The van der Waals surface area contributed by atoms with Crippen LogP contribution in [0, 0.1) is 40.9 Å². The fourth-order valence-corrected chi connectivity index (χ4v) is 6.50. The summed E-state index contributed by atoms with van der Waals surface area (Å²) in [5, 5.41) is 10.1. The van der Waals surface area contributed by atoms with Crippen LogP contribution >= 0.6 is 0 Å². The molecule has 7 atom stereocenters. The molecule has 0 unspecified atom stereocenters. The quantitative estimate of drug-likeness (QED) is 0.470. The lowest BCUT2D eigenvalue weighted by Crippen LogP contribution is -2.35. The number of allylic oxidation sites excluding steroid dienone is 5. The van der Waals surface area contributed by atoms with E-state index in [1.54, 1.807) is 5.57 Å². The minimum Gasteiger partial charge on any atom is -0.393 e. The van der Waals surface area contributed by atoms with E-state index >= 15 is 0 Å². The van der Waals surface area contributed by atoms with Crippen LogP contribution in [-0.2, 0) is 0 Å². The van der Waals surface area contributed by atoms with Crippen molar-refractivity contribution in [3.8, 4) is 0 Å². The van der Waals surface area contributed by atoms with E-state index in [4.69, 9.17) is 0 Å². The van der Waals surface area contributed by atoms with Crippen LogP contribution in [0.1, 0.15) is 92.9 Å². The molecular weight excluding hydrogens is 352 g/mol. The molecule has 164 valence electrons. The van der Waals surface area contributed by atoms with Crippen molar-refractivity contribution in [2.75, 3.05) is 0 Å². The summed E-state index contributed by atoms with van der Waals surface area (Å²) >= 11 is 0. The highest BCUT2D eigenvalue weighted by Gasteiger charge is 2.50. The second kappa shape index (κ2) is 9.54. The first-order valence-electron chi connectivity index (χ1n) is 12.5. The SMILES string of the molecule is CC(C)[C@@H](C)/C=C/[C@H](C)[C@H]1CC[C@@H]2/C(=C\C=C3\C[C@@H](O)CC[C@H]3C)CCC[C@]21C. The molecular formula is C28H46O. The second-order valence-electron chi connectivity index (χ2n) is 11.3. The van der Waals surface area contributed by atoms with Crippen LogP contribution < -0.4 is 0 Å². The van der Waals surface area contributed by atoms with Crippen LogP contribution in [0.4, 0.5) is 0 Å². The lowest BCUT2D eigenvalue weighted by atomic mass is 9.61. The van der Waals surface area contributed by atoms with Crippen molar-refractivity contribution in [3.05, 3.63) is 35.5 Å². The summed E-state index contributed by atoms with van der Waals surface area (Å²) in [5.74, 6) is 4.29. The molecule has 1 heteroatoms. The molecule has 3 aliphatic carbocycles. The van der Waals surface area contributed by atoms with Gasteiger partial charge in [0.15, 0.2) is 0 Å². The van der Waals surface area contributed by atoms with Crippen molar-refractivity contribution in [1.82, 2.24) is 0 Å². The number of aliphatic hydroxyl groups is 1. The van der Waals surface area contributed by atoms with Crippen molar-refractivity contribution in [1.29, 1.82) is 0 Å². The van der Waals surface area contributed by atoms with Gasteiger partial charge in [0.05, 0.1) is 6.10 Å². The molecule has 0 aromatic rings. The van der Waals surface area contributed by atoms with Crippen LogP contribution in [0.15, 0.2) is 35.5 Å². The lowest BCUT2D eigenvalue weighted by Gasteiger charge is -2.44. The van der Waals surface area contributed by atoms with Gasteiger partial charge in [-0.25, -0.2) is 0 Å². The number of hydrogen-bond donors (Lipinski definition) is 1. The normalized spacial score (nSPS) is 40.7. The first-order valence-corrected chi connectivity index (χ1v) is 12.5. The molecule has 0 aromatic heterocycles. The van der Waals surface area contributed by atoms with E-state index < -0.39 is 0 Å².